The Kier molecular flexibility index (Phi) is 4.71. The minimum absolute atomic E-state index is 0.263. The molecule has 106 valence electrons. The monoisotopic (exact) mass is 273 g/mol. The normalized spacial score (nSPS) is 10.1. The Labute approximate surface area is 119 Å². The molecule has 0 atom stereocenters. The molecular formula is C16H19NO3. The van der Waals surface area contributed by atoms with Gasteiger partial charge in [-0.15, -0.1) is 0 Å². The molecule has 0 saturated carbocycles. The average Bonchev–Trinajstić information content (AvgIpc) is 2.47. The van der Waals surface area contributed by atoms with Gasteiger partial charge in [0.1, 0.15) is 5.75 Å². The summed E-state index contributed by atoms with van der Waals surface area (Å²) in [6, 6.07) is 12.8. The smallest absolute Gasteiger partial charge is 0.161 e. The lowest BCUT2D eigenvalue weighted by Gasteiger charge is -2.12. The molecule has 0 aliphatic carbocycles. The molecule has 2 aromatic carbocycles. The maximum Gasteiger partial charge on any atom is 0.161 e. The summed E-state index contributed by atoms with van der Waals surface area (Å²) >= 11 is 0. The van der Waals surface area contributed by atoms with Gasteiger partial charge >= 0.3 is 0 Å². The van der Waals surface area contributed by atoms with Crippen LogP contribution >= 0.6 is 0 Å². The van der Waals surface area contributed by atoms with E-state index in [4.69, 9.17) is 9.47 Å². The molecule has 0 bridgehead atoms. The zero-order valence-corrected chi connectivity index (χ0v) is 11.7. The van der Waals surface area contributed by atoms with E-state index in [1.165, 1.54) is 0 Å². The van der Waals surface area contributed by atoms with Crippen molar-refractivity contribution in [2.75, 3.05) is 19.0 Å². The number of phenolic OH excluding ortho intramolecular Hbond substituents is 1. The van der Waals surface area contributed by atoms with Crippen molar-refractivity contribution in [3.63, 3.8) is 0 Å². The molecule has 0 aliphatic rings. The van der Waals surface area contributed by atoms with Crippen LogP contribution in [0.25, 0.3) is 0 Å². The van der Waals surface area contributed by atoms with E-state index in [0.717, 1.165) is 22.7 Å². The van der Waals surface area contributed by atoms with Crippen LogP contribution in [-0.4, -0.2) is 18.8 Å². The molecule has 0 unspecified atom stereocenters. The number of ether oxygens (including phenoxy) is 2. The van der Waals surface area contributed by atoms with Crippen molar-refractivity contribution in [2.24, 2.45) is 0 Å². The number of nitrogens with one attached hydrogen (secondary N) is 1. The Morgan fingerprint density at radius 2 is 1.80 bits per heavy atom. The van der Waals surface area contributed by atoms with E-state index >= 15 is 0 Å². The van der Waals surface area contributed by atoms with Crippen LogP contribution in [0.3, 0.4) is 0 Å². The molecule has 4 heteroatoms. The standard InChI is InChI=1S/C16H19NO3/c1-3-20-16-10-12(4-9-15(16)19-2)11-17-13-5-7-14(18)8-6-13/h4-10,17-18H,3,11H2,1-2H3. The molecule has 0 fully saturated rings. The number of methoxy groups -OCH3 is 1. The first-order valence-corrected chi connectivity index (χ1v) is 6.55. The van der Waals surface area contributed by atoms with E-state index in [9.17, 15) is 5.11 Å². The minimum Gasteiger partial charge on any atom is -0.508 e. The van der Waals surface area contributed by atoms with Crippen molar-refractivity contribution in [2.45, 2.75) is 13.5 Å². The van der Waals surface area contributed by atoms with Gasteiger partial charge in [-0.1, -0.05) is 6.07 Å². The van der Waals surface area contributed by atoms with Crippen LogP contribution < -0.4 is 14.8 Å². The Morgan fingerprint density at radius 3 is 2.45 bits per heavy atom. The van der Waals surface area contributed by atoms with Crippen LogP contribution in [0.1, 0.15) is 12.5 Å². The van der Waals surface area contributed by atoms with Gasteiger partial charge in [0, 0.05) is 12.2 Å². The zero-order chi connectivity index (χ0) is 14.4. The second-order valence-corrected chi connectivity index (χ2v) is 4.32. The first-order valence-electron chi connectivity index (χ1n) is 6.55. The highest BCUT2D eigenvalue weighted by atomic mass is 16.5. The molecule has 0 radical (unpaired) electrons. The quantitative estimate of drug-likeness (QED) is 0.792. The highest BCUT2D eigenvalue weighted by Gasteiger charge is 2.05. The molecular weight excluding hydrogens is 254 g/mol. The third-order valence-electron chi connectivity index (χ3n) is 2.89. The lowest BCUT2D eigenvalue weighted by atomic mass is 10.2. The largest absolute Gasteiger partial charge is 0.508 e. The van der Waals surface area contributed by atoms with Gasteiger partial charge in [0.05, 0.1) is 13.7 Å². The third-order valence-corrected chi connectivity index (χ3v) is 2.89. The molecule has 0 aromatic heterocycles. The number of rotatable bonds is 6. The minimum atomic E-state index is 0.263. The number of anilines is 1. The van der Waals surface area contributed by atoms with E-state index in [2.05, 4.69) is 5.32 Å². The molecule has 0 aliphatic heterocycles. The Bertz CT molecular complexity index is 552. The lowest BCUT2D eigenvalue weighted by Crippen LogP contribution is -2.01. The number of benzene rings is 2. The average molecular weight is 273 g/mol. The first kappa shape index (κ1) is 14.1. The van der Waals surface area contributed by atoms with Gasteiger partial charge in [-0.05, 0) is 48.9 Å². The summed E-state index contributed by atoms with van der Waals surface area (Å²) in [5.74, 6) is 1.75. The summed E-state index contributed by atoms with van der Waals surface area (Å²) in [5.41, 5.74) is 2.05. The van der Waals surface area contributed by atoms with E-state index < -0.39 is 0 Å². The maximum atomic E-state index is 9.24. The van der Waals surface area contributed by atoms with E-state index in [-0.39, 0.29) is 5.75 Å². The van der Waals surface area contributed by atoms with Gasteiger partial charge in [0.25, 0.3) is 0 Å². The van der Waals surface area contributed by atoms with Crippen molar-refractivity contribution in [3.8, 4) is 17.2 Å². The van der Waals surface area contributed by atoms with Gasteiger partial charge in [0.15, 0.2) is 11.5 Å². The SMILES string of the molecule is CCOc1cc(CNc2ccc(O)cc2)ccc1OC. The van der Waals surface area contributed by atoms with Gasteiger partial charge in [0.2, 0.25) is 0 Å². The highest BCUT2D eigenvalue weighted by molar-refractivity contribution is 5.48. The van der Waals surface area contributed by atoms with Crippen molar-refractivity contribution >= 4 is 5.69 Å². The zero-order valence-electron chi connectivity index (χ0n) is 11.7. The summed E-state index contributed by atoms with van der Waals surface area (Å²) in [6.45, 7) is 3.22. The summed E-state index contributed by atoms with van der Waals surface area (Å²) in [7, 11) is 1.63. The van der Waals surface area contributed by atoms with Crippen LogP contribution in [0.4, 0.5) is 5.69 Å². The highest BCUT2D eigenvalue weighted by Crippen LogP contribution is 2.28. The van der Waals surface area contributed by atoms with E-state index in [0.29, 0.717) is 13.2 Å². The fourth-order valence-electron chi connectivity index (χ4n) is 1.88. The maximum absolute atomic E-state index is 9.24. The number of hydrogen-bond acceptors (Lipinski definition) is 4. The summed E-state index contributed by atoms with van der Waals surface area (Å²) < 4.78 is 10.8. The first-order chi connectivity index (χ1) is 9.72. The Balaban J connectivity index is 2.05. The summed E-state index contributed by atoms with van der Waals surface area (Å²) in [4.78, 5) is 0. The van der Waals surface area contributed by atoms with Crippen LogP contribution in [0.15, 0.2) is 42.5 Å². The molecule has 0 spiro atoms. The van der Waals surface area contributed by atoms with Crippen LogP contribution in [0.2, 0.25) is 0 Å². The summed E-state index contributed by atoms with van der Waals surface area (Å²) in [6.07, 6.45) is 0. The Hall–Kier alpha value is -2.36. The van der Waals surface area contributed by atoms with Crippen molar-refractivity contribution in [1.82, 2.24) is 0 Å². The number of aromatic hydroxyl groups is 1. The molecule has 4 nitrogen and oxygen atoms in total. The van der Waals surface area contributed by atoms with Crippen molar-refractivity contribution < 1.29 is 14.6 Å². The van der Waals surface area contributed by atoms with Gasteiger partial charge in [-0.2, -0.15) is 0 Å². The fourth-order valence-corrected chi connectivity index (χ4v) is 1.88. The second kappa shape index (κ2) is 6.70. The molecule has 2 aromatic rings. The lowest BCUT2D eigenvalue weighted by molar-refractivity contribution is 0.310. The fraction of sp³-hybridized carbons (Fsp3) is 0.250. The van der Waals surface area contributed by atoms with Crippen molar-refractivity contribution in [1.29, 1.82) is 0 Å². The van der Waals surface area contributed by atoms with E-state index in [1.807, 2.05) is 37.3 Å². The predicted molar refractivity (Wildman–Crippen MR) is 79.6 cm³/mol. The topological polar surface area (TPSA) is 50.7 Å². The molecule has 0 amide bonds. The number of hydrogen-bond donors (Lipinski definition) is 2. The van der Waals surface area contributed by atoms with Gasteiger partial charge in [-0.3, -0.25) is 0 Å². The summed E-state index contributed by atoms with van der Waals surface area (Å²) in [5, 5.41) is 12.5. The van der Waals surface area contributed by atoms with Gasteiger partial charge in [-0.25, -0.2) is 0 Å². The Morgan fingerprint density at radius 1 is 1.05 bits per heavy atom. The number of phenols is 1. The molecule has 0 saturated heterocycles. The van der Waals surface area contributed by atoms with Gasteiger partial charge < -0.3 is 19.9 Å². The molecule has 20 heavy (non-hydrogen) atoms. The third kappa shape index (κ3) is 3.57. The molecule has 2 rings (SSSR count). The van der Waals surface area contributed by atoms with Crippen molar-refractivity contribution in [3.05, 3.63) is 48.0 Å². The van der Waals surface area contributed by atoms with Crippen LogP contribution in [0, 0.1) is 0 Å². The van der Waals surface area contributed by atoms with Crippen LogP contribution in [-0.2, 0) is 6.54 Å². The molecule has 0 heterocycles. The van der Waals surface area contributed by atoms with E-state index in [1.54, 1.807) is 19.2 Å². The predicted octanol–water partition coefficient (Wildman–Crippen LogP) is 3.41. The second-order valence-electron chi connectivity index (χ2n) is 4.32. The van der Waals surface area contributed by atoms with Crippen LogP contribution in [0.5, 0.6) is 17.2 Å². The molecule has 2 N–H and O–H groups in total.